The van der Waals surface area contributed by atoms with E-state index in [1.54, 1.807) is 30.3 Å². The maximum Gasteiger partial charge on any atom is 0.244 e. The monoisotopic (exact) mass is 521 g/mol. The van der Waals surface area contributed by atoms with Gasteiger partial charge >= 0.3 is 0 Å². The molecule has 0 fully saturated rings. The Morgan fingerprint density at radius 3 is 1.78 bits per heavy atom. The van der Waals surface area contributed by atoms with E-state index in [0.717, 1.165) is 21.7 Å². The summed E-state index contributed by atoms with van der Waals surface area (Å²) in [5.41, 5.74) is 1.60. The number of amides is 2. The molecule has 0 unspecified atom stereocenters. The topological polar surface area (TPSA) is 86.8 Å². The van der Waals surface area contributed by atoms with Crippen LogP contribution in [-0.2, 0) is 32.6 Å². The van der Waals surface area contributed by atoms with Crippen LogP contribution < -0.4 is 9.62 Å². The van der Waals surface area contributed by atoms with Crippen LogP contribution in [0, 0.1) is 0 Å². The molecule has 0 aliphatic carbocycles. The summed E-state index contributed by atoms with van der Waals surface area (Å²) in [6.45, 7) is 5.38. The first kappa shape index (κ1) is 27.9. The van der Waals surface area contributed by atoms with Crippen LogP contribution in [0.2, 0.25) is 0 Å². The number of carbonyl (C=O) groups is 2. The minimum atomic E-state index is -3.77. The zero-order chi connectivity index (χ0) is 27.1. The van der Waals surface area contributed by atoms with Gasteiger partial charge in [-0.25, -0.2) is 8.42 Å². The first-order valence-electron chi connectivity index (χ1n) is 12.2. The van der Waals surface area contributed by atoms with Crippen molar-refractivity contribution in [3.8, 4) is 0 Å². The van der Waals surface area contributed by atoms with Crippen LogP contribution in [0.5, 0.6) is 0 Å². The van der Waals surface area contributed by atoms with Crippen molar-refractivity contribution in [2.45, 2.75) is 45.3 Å². The summed E-state index contributed by atoms with van der Waals surface area (Å²) in [4.78, 5) is 29.0. The highest BCUT2D eigenvalue weighted by molar-refractivity contribution is 7.92. The Morgan fingerprint density at radius 1 is 0.811 bits per heavy atom. The van der Waals surface area contributed by atoms with Gasteiger partial charge in [-0.1, -0.05) is 78.9 Å². The summed E-state index contributed by atoms with van der Waals surface area (Å²) in [6.07, 6.45) is 1.36. The third-order valence-corrected chi connectivity index (χ3v) is 6.83. The molecule has 0 aliphatic rings. The van der Waals surface area contributed by atoms with E-state index < -0.39 is 34.1 Å². The van der Waals surface area contributed by atoms with Gasteiger partial charge in [0.05, 0.1) is 11.9 Å². The molecule has 3 aromatic carbocycles. The highest BCUT2D eigenvalue weighted by Gasteiger charge is 2.34. The number of benzene rings is 3. The summed E-state index contributed by atoms with van der Waals surface area (Å²) in [5.74, 6) is -0.769. The van der Waals surface area contributed by atoms with Crippen LogP contribution in [-0.4, -0.2) is 49.5 Å². The van der Waals surface area contributed by atoms with Gasteiger partial charge in [-0.15, -0.1) is 0 Å². The summed E-state index contributed by atoms with van der Waals surface area (Å²) in [7, 11) is -3.77. The zero-order valence-corrected chi connectivity index (χ0v) is 22.6. The van der Waals surface area contributed by atoms with E-state index in [0.29, 0.717) is 5.69 Å². The smallest absolute Gasteiger partial charge is 0.244 e. The Bertz CT molecular complexity index is 1270. The molecule has 196 valence electrons. The van der Waals surface area contributed by atoms with Crippen molar-refractivity contribution in [2.75, 3.05) is 17.1 Å². The number of hydrogen-bond donors (Lipinski definition) is 1. The van der Waals surface area contributed by atoms with E-state index in [9.17, 15) is 18.0 Å². The molecule has 7 nitrogen and oxygen atoms in total. The highest BCUT2D eigenvalue weighted by Crippen LogP contribution is 2.20. The van der Waals surface area contributed by atoms with Crippen molar-refractivity contribution < 1.29 is 18.0 Å². The van der Waals surface area contributed by atoms with E-state index >= 15 is 0 Å². The number of hydrogen-bond acceptors (Lipinski definition) is 4. The van der Waals surface area contributed by atoms with Crippen LogP contribution in [0.15, 0.2) is 91.0 Å². The van der Waals surface area contributed by atoms with Crippen LogP contribution in [0.25, 0.3) is 0 Å². The number of sulfonamides is 1. The third kappa shape index (κ3) is 8.46. The Balaban J connectivity index is 2.04. The lowest BCUT2D eigenvalue weighted by atomic mass is 10.0. The second-order valence-corrected chi connectivity index (χ2v) is 12.0. The molecule has 0 heterocycles. The van der Waals surface area contributed by atoms with Gasteiger partial charge in [-0.05, 0) is 44.0 Å². The minimum Gasteiger partial charge on any atom is -0.350 e. The predicted molar refractivity (Wildman–Crippen MR) is 147 cm³/mol. The Labute approximate surface area is 220 Å². The van der Waals surface area contributed by atoms with E-state index in [4.69, 9.17) is 0 Å². The number of anilines is 1. The van der Waals surface area contributed by atoms with Crippen molar-refractivity contribution in [1.29, 1.82) is 0 Å². The Kier molecular flexibility index (Phi) is 9.10. The molecule has 2 amide bonds. The van der Waals surface area contributed by atoms with Gasteiger partial charge in [0, 0.05) is 18.5 Å². The fraction of sp³-hybridized carbons (Fsp3) is 0.310. The van der Waals surface area contributed by atoms with Crippen LogP contribution in [0.1, 0.15) is 31.9 Å². The Morgan fingerprint density at radius 2 is 1.30 bits per heavy atom. The fourth-order valence-electron chi connectivity index (χ4n) is 3.99. The molecular weight excluding hydrogens is 486 g/mol. The van der Waals surface area contributed by atoms with Gasteiger partial charge in [-0.3, -0.25) is 13.9 Å². The molecule has 1 N–H and O–H groups in total. The normalized spacial score (nSPS) is 12.4. The number of para-hydroxylation sites is 1. The van der Waals surface area contributed by atoms with Crippen molar-refractivity contribution in [3.63, 3.8) is 0 Å². The number of nitrogens with zero attached hydrogens (tertiary/aromatic N) is 2. The van der Waals surface area contributed by atoms with E-state index in [2.05, 4.69) is 5.32 Å². The zero-order valence-electron chi connectivity index (χ0n) is 21.8. The molecule has 8 heteroatoms. The molecule has 0 radical (unpaired) electrons. The largest absolute Gasteiger partial charge is 0.350 e. The number of rotatable bonds is 10. The molecule has 0 saturated carbocycles. The quantitative estimate of drug-likeness (QED) is 0.437. The molecule has 0 bridgehead atoms. The van der Waals surface area contributed by atoms with Crippen molar-refractivity contribution in [3.05, 3.63) is 102 Å². The SMILES string of the molecule is CC(C)(C)NC(=O)[C@@H](Cc1ccccc1)N(Cc1ccccc1)C(=O)CN(c1ccccc1)S(C)(=O)=O. The molecule has 0 aliphatic heterocycles. The van der Waals surface area contributed by atoms with Gasteiger partial charge < -0.3 is 10.2 Å². The highest BCUT2D eigenvalue weighted by atomic mass is 32.2. The van der Waals surface area contributed by atoms with Gasteiger partial charge in [0.2, 0.25) is 21.8 Å². The molecule has 3 rings (SSSR count). The first-order chi connectivity index (χ1) is 17.4. The second kappa shape index (κ2) is 12.1. The van der Waals surface area contributed by atoms with E-state index in [-0.39, 0.29) is 18.9 Å². The van der Waals surface area contributed by atoms with Gasteiger partial charge in [0.1, 0.15) is 12.6 Å². The summed E-state index contributed by atoms with van der Waals surface area (Å²) in [6, 6.07) is 26.5. The van der Waals surface area contributed by atoms with E-state index in [1.807, 2.05) is 81.4 Å². The van der Waals surface area contributed by atoms with Crippen molar-refractivity contribution >= 4 is 27.5 Å². The molecule has 0 saturated heterocycles. The summed E-state index contributed by atoms with van der Waals surface area (Å²) in [5, 5.41) is 3.01. The summed E-state index contributed by atoms with van der Waals surface area (Å²) >= 11 is 0. The molecule has 0 spiro atoms. The van der Waals surface area contributed by atoms with Gasteiger partial charge in [0.25, 0.3) is 0 Å². The average Bonchev–Trinajstić information content (AvgIpc) is 2.84. The number of carbonyl (C=O) groups excluding carboxylic acids is 2. The lowest BCUT2D eigenvalue weighted by molar-refractivity contribution is -0.140. The standard InChI is InChI=1S/C29H35N3O4S/c1-29(2,3)30-28(34)26(20-23-14-8-5-9-15-23)31(21-24-16-10-6-11-17-24)27(33)22-32(37(4,35)36)25-18-12-7-13-19-25/h5-19,26H,20-22H2,1-4H3,(H,30,34)/t26-/m1/s1. The molecular formula is C29H35N3O4S. The minimum absolute atomic E-state index is 0.154. The number of nitrogens with one attached hydrogen (secondary N) is 1. The lowest BCUT2D eigenvalue weighted by Gasteiger charge is -2.35. The maximum absolute atomic E-state index is 13.9. The third-order valence-electron chi connectivity index (χ3n) is 5.69. The predicted octanol–water partition coefficient (Wildman–Crippen LogP) is 4.01. The molecule has 1 atom stereocenters. The molecule has 37 heavy (non-hydrogen) atoms. The lowest BCUT2D eigenvalue weighted by Crippen LogP contribution is -2.56. The molecule has 3 aromatic rings. The van der Waals surface area contributed by atoms with Crippen molar-refractivity contribution in [2.24, 2.45) is 0 Å². The second-order valence-electron chi connectivity index (χ2n) is 10.1. The van der Waals surface area contributed by atoms with Gasteiger partial charge in [0.15, 0.2) is 0 Å². The van der Waals surface area contributed by atoms with Crippen molar-refractivity contribution in [1.82, 2.24) is 10.2 Å². The van der Waals surface area contributed by atoms with Gasteiger partial charge in [-0.2, -0.15) is 0 Å². The van der Waals surface area contributed by atoms with Crippen LogP contribution in [0.3, 0.4) is 0 Å². The van der Waals surface area contributed by atoms with E-state index in [1.165, 1.54) is 4.90 Å². The Hall–Kier alpha value is -3.65. The van der Waals surface area contributed by atoms with Crippen LogP contribution in [0.4, 0.5) is 5.69 Å². The average molecular weight is 522 g/mol. The molecule has 0 aromatic heterocycles. The van der Waals surface area contributed by atoms with Crippen LogP contribution >= 0.6 is 0 Å². The summed E-state index contributed by atoms with van der Waals surface area (Å²) < 4.78 is 26.5. The fourth-order valence-corrected chi connectivity index (χ4v) is 4.84. The first-order valence-corrected chi connectivity index (χ1v) is 14.0. The maximum atomic E-state index is 13.9.